The summed E-state index contributed by atoms with van der Waals surface area (Å²) in [6.07, 6.45) is 3.99. The third-order valence-corrected chi connectivity index (χ3v) is 4.95. The molecule has 1 aromatic heterocycles. The monoisotopic (exact) mass is 404 g/mol. The van der Waals surface area contributed by atoms with E-state index in [9.17, 15) is 14.7 Å². The van der Waals surface area contributed by atoms with Crippen molar-refractivity contribution in [1.29, 1.82) is 0 Å². The fourth-order valence-corrected chi connectivity index (χ4v) is 3.29. The first-order valence-electron chi connectivity index (χ1n) is 9.48. The quantitative estimate of drug-likeness (QED) is 0.376. The van der Waals surface area contributed by atoms with Gasteiger partial charge in [-0.15, -0.1) is 0 Å². The second-order valence-electron chi connectivity index (χ2n) is 6.97. The van der Waals surface area contributed by atoms with Gasteiger partial charge in [0.2, 0.25) is 11.6 Å². The molecular formula is C22H20N4O4. The maximum Gasteiger partial charge on any atom is 0.251 e. The average molecular weight is 404 g/mol. The molecule has 2 amide bonds. The molecule has 2 aromatic carbocycles. The van der Waals surface area contributed by atoms with Crippen LogP contribution in [-0.4, -0.2) is 23.1 Å². The predicted molar refractivity (Wildman–Crippen MR) is 107 cm³/mol. The number of hydrogen-bond donors (Lipinski definition) is 1. The van der Waals surface area contributed by atoms with E-state index in [2.05, 4.69) is 15.1 Å². The Labute approximate surface area is 173 Å². The molecule has 0 radical (unpaired) electrons. The number of amides is 2. The van der Waals surface area contributed by atoms with Crippen LogP contribution < -0.4 is 20.0 Å². The van der Waals surface area contributed by atoms with Crippen molar-refractivity contribution in [2.45, 2.75) is 19.0 Å². The van der Waals surface area contributed by atoms with Gasteiger partial charge in [0.15, 0.2) is 13.0 Å². The number of hydrogen-bond acceptors (Lipinski definition) is 6. The number of anilines is 1. The zero-order valence-electron chi connectivity index (χ0n) is 16.3. The molecule has 0 aliphatic carbocycles. The smallest absolute Gasteiger partial charge is 0.251 e. The standard InChI is InChI=1S/C22H20N4O4/c1-25-19(22(29)30-24-25)14-23-18-13-20(27)26(21(18)28)17-11-9-16(10-12-17)8-7-15-5-3-2-4-6-15/h2-12,18,23H,13-14H2,1H3/b8-7+. The van der Waals surface area contributed by atoms with Gasteiger partial charge in [-0.05, 0) is 23.3 Å². The number of carbonyl (C=O) groups is 2. The van der Waals surface area contributed by atoms with E-state index in [0.717, 1.165) is 11.1 Å². The molecule has 1 aliphatic rings. The van der Waals surface area contributed by atoms with Crippen molar-refractivity contribution >= 4 is 29.7 Å². The van der Waals surface area contributed by atoms with Crippen LogP contribution in [0.5, 0.6) is 5.95 Å². The number of benzene rings is 2. The van der Waals surface area contributed by atoms with Gasteiger partial charge < -0.3 is 9.63 Å². The van der Waals surface area contributed by atoms with Crippen LogP contribution in [0, 0.1) is 0 Å². The zero-order chi connectivity index (χ0) is 21.1. The van der Waals surface area contributed by atoms with Gasteiger partial charge in [-0.3, -0.25) is 14.9 Å². The lowest BCUT2D eigenvalue weighted by atomic mass is 10.1. The van der Waals surface area contributed by atoms with Gasteiger partial charge in [0.25, 0.3) is 5.91 Å². The highest BCUT2D eigenvalue weighted by atomic mass is 16.6. The number of aromatic nitrogens is 2. The minimum atomic E-state index is -0.704. The van der Waals surface area contributed by atoms with E-state index in [1.54, 1.807) is 19.2 Å². The van der Waals surface area contributed by atoms with E-state index in [1.807, 2.05) is 54.6 Å². The topological polar surface area (TPSA) is 102 Å². The van der Waals surface area contributed by atoms with Gasteiger partial charge in [-0.25, -0.2) is 4.90 Å². The molecule has 8 heteroatoms. The molecule has 1 N–H and O–H groups in total. The van der Waals surface area contributed by atoms with Crippen LogP contribution in [0.1, 0.15) is 23.2 Å². The molecule has 8 nitrogen and oxygen atoms in total. The maximum atomic E-state index is 12.7. The molecule has 30 heavy (non-hydrogen) atoms. The fraction of sp³-hybridized carbons (Fsp3) is 0.182. The molecule has 4 rings (SSSR count). The highest BCUT2D eigenvalue weighted by Gasteiger charge is 2.39. The molecule has 2 heterocycles. The summed E-state index contributed by atoms with van der Waals surface area (Å²) in [5.41, 5.74) is 2.84. The number of rotatable bonds is 6. The molecular weight excluding hydrogens is 384 g/mol. The Morgan fingerprint density at radius 2 is 1.80 bits per heavy atom. The lowest BCUT2D eigenvalue weighted by Gasteiger charge is -2.15. The molecule has 3 aromatic rings. The van der Waals surface area contributed by atoms with Crippen LogP contribution in [0.3, 0.4) is 0 Å². The lowest BCUT2D eigenvalue weighted by Crippen LogP contribution is -2.42. The molecule has 1 unspecified atom stereocenters. The van der Waals surface area contributed by atoms with E-state index in [0.29, 0.717) is 5.69 Å². The molecule has 1 atom stereocenters. The van der Waals surface area contributed by atoms with Gasteiger partial charge in [-0.2, -0.15) is 0 Å². The van der Waals surface area contributed by atoms with Crippen LogP contribution in [0.25, 0.3) is 12.2 Å². The van der Waals surface area contributed by atoms with Crippen molar-refractivity contribution in [3.05, 3.63) is 71.4 Å². The molecule has 0 spiro atoms. The Hall–Kier alpha value is -3.78. The second kappa shape index (κ2) is 8.30. The Bertz CT molecular complexity index is 1070. The Balaban J connectivity index is 1.43. The highest BCUT2D eigenvalue weighted by Crippen LogP contribution is 2.24. The van der Waals surface area contributed by atoms with E-state index in [4.69, 9.17) is 0 Å². The SMILES string of the molecule is C[n+]1noc([O-])c1CNC1CC(=O)N(c2ccc(/C=C/c3ccccc3)cc2)C1=O. The van der Waals surface area contributed by atoms with Gasteiger partial charge >= 0.3 is 0 Å². The third kappa shape index (κ3) is 3.99. The van der Waals surface area contributed by atoms with Crippen molar-refractivity contribution in [2.24, 2.45) is 7.05 Å². The fourth-order valence-electron chi connectivity index (χ4n) is 3.29. The molecule has 0 saturated carbocycles. The Morgan fingerprint density at radius 1 is 1.13 bits per heavy atom. The van der Waals surface area contributed by atoms with Crippen molar-refractivity contribution < 1.29 is 23.9 Å². The van der Waals surface area contributed by atoms with Crippen LogP contribution >= 0.6 is 0 Å². The zero-order valence-corrected chi connectivity index (χ0v) is 16.3. The summed E-state index contributed by atoms with van der Waals surface area (Å²) in [7, 11) is 1.57. The van der Waals surface area contributed by atoms with Gasteiger partial charge in [0.1, 0.15) is 0 Å². The number of aryl methyl sites for hydroxylation is 1. The molecule has 1 saturated heterocycles. The summed E-state index contributed by atoms with van der Waals surface area (Å²) >= 11 is 0. The molecule has 1 fully saturated rings. The summed E-state index contributed by atoms with van der Waals surface area (Å²) in [6.45, 7) is 0.0829. The maximum absolute atomic E-state index is 12.7. The molecule has 152 valence electrons. The van der Waals surface area contributed by atoms with Gasteiger partial charge in [-0.1, -0.05) is 59.3 Å². The number of carbonyl (C=O) groups excluding carboxylic acids is 2. The van der Waals surface area contributed by atoms with Crippen LogP contribution in [0.2, 0.25) is 0 Å². The number of nitrogens with one attached hydrogen (secondary N) is 1. The van der Waals surface area contributed by atoms with E-state index in [-0.39, 0.29) is 30.5 Å². The lowest BCUT2D eigenvalue weighted by molar-refractivity contribution is -0.746. The van der Waals surface area contributed by atoms with Gasteiger partial charge in [0.05, 0.1) is 30.0 Å². The van der Waals surface area contributed by atoms with Crippen molar-refractivity contribution in [3.63, 3.8) is 0 Å². The van der Waals surface area contributed by atoms with E-state index < -0.39 is 12.0 Å². The summed E-state index contributed by atoms with van der Waals surface area (Å²) in [5, 5.41) is 18.1. The van der Waals surface area contributed by atoms with E-state index >= 15 is 0 Å². The van der Waals surface area contributed by atoms with Crippen LogP contribution in [0.4, 0.5) is 5.69 Å². The second-order valence-corrected chi connectivity index (χ2v) is 6.97. The highest BCUT2D eigenvalue weighted by molar-refractivity contribution is 6.22. The average Bonchev–Trinajstić information content (AvgIpc) is 3.23. The summed E-state index contributed by atoms with van der Waals surface area (Å²) in [6, 6.07) is 16.4. The molecule has 0 bridgehead atoms. The minimum Gasteiger partial charge on any atom is -0.539 e. The van der Waals surface area contributed by atoms with Crippen LogP contribution in [-0.2, 0) is 23.2 Å². The van der Waals surface area contributed by atoms with Crippen molar-refractivity contribution in [2.75, 3.05) is 4.90 Å². The third-order valence-electron chi connectivity index (χ3n) is 4.95. The van der Waals surface area contributed by atoms with Crippen molar-refractivity contribution in [1.82, 2.24) is 10.6 Å². The Morgan fingerprint density at radius 3 is 2.43 bits per heavy atom. The predicted octanol–water partition coefficient (Wildman–Crippen LogP) is 1.16. The first-order valence-corrected chi connectivity index (χ1v) is 9.48. The van der Waals surface area contributed by atoms with Crippen LogP contribution in [0.15, 0.2) is 59.1 Å². The van der Waals surface area contributed by atoms with Gasteiger partial charge in [0, 0.05) is 0 Å². The first kappa shape index (κ1) is 19.5. The number of imide groups is 1. The summed E-state index contributed by atoms with van der Waals surface area (Å²) < 4.78 is 5.86. The summed E-state index contributed by atoms with van der Waals surface area (Å²) in [4.78, 5) is 26.4. The van der Waals surface area contributed by atoms with Crippen molar-refractivity contribution in [3.8, 4) is 5.95 Å². The normalized spacial score (nSPS) is 16.7. The summed E-state index contributed by atoms with van der Waals surface area (Å²) in [5.74, 6) is -1.21. The Kier molecular flexibility index (Phi) is 5.40. The van der Waals surface area contributed by atoms with E-state index in [1.165, 1.54) is 9.58 Å². The minimum absolute atomic E-state index is 0.0255. The molecule has 1 aliphatic heterocycles. The first-order chi connectivity index (χ1) is 14.5. The largest absolute Gasteiger partial charge is 0.539 e. The number of nitrogens with zero attached hydrogens (tertiary/aromatic N) is 3.